The summed E-state index contributed by atoms with van der Waals surface area (Å²) in [6, 6.07) is 8.16. The predicted molar refractivity (Wildman–Crippen MR) is 64.5 cm³/mol. The summed E-state index contributed by atoms with van der Waals surface area (Å²) in [5.74, 6) is -1.49. The first-order chi connectivity index (χ1) is 8.81. The number of carbonyl (C=O) groups excluding carboxylic acids is 1. The van der Waals surface area contributed by atoms with Crippen LogP contribution in [-0.2, 0) is 9.53 Å². The second-order valence-corrected chi connectivity index (χ2v) is 3.91. The maximum atomic E-state index is 12.9. The summed E-state index contributed by atoms with van der Waals surface area (Å²) in [6.07, 6.45) is -4.90. The zero-order valence-electron chi connectivity index (χ0n) is 10.3. The van der Waals surface area contributed by atoms with Gasteiger partial charge in [0.1, 0.15) is 0 Å². The number of ether oxygens (including phenoxy) is 1. The highest BCUT2D eigenvalue weighted by atomic mass is 19.4. The Kier molecular flexibility index (Phi) is 4.77. The minimum Gasteiger partial charge on any atom is -0.464 e. The summed E-state index contributed by atoms with van der Waals surface area (Å²) in [5.41, 5.74) is 2.56. The molecule has 0 aliphatic rings. The molecule has 3 N–H and O–H groups in total. The Hall–Kier alpha value is -1.76. The third-order valence-electron chi connectivity index (χ3n) is 2.49. The van der Waals surface area contributed by atoms with E-state index in [1.807, 2.05) is 0 Å². The molecule has 1 rings (SSSR count). The summed E-state index contributed by atoms with van der Waals surface area (Å²) >= 11 is 0. The fourth-order valence-corrected chi connectivity index (χ4v) is 1.35. The molecule has 0 unspecified atom stereocenters. The maximum absolute atomic E-state index is 12.9. The first kappa shape index (κ1) is 15.3. The van der Waals surface area contributed by atoms with Crippen LogP contribution in [0.2, 0.25) is 0 Å². The van der Waals surface area contributed by atoms with Crippen LogP contribution in [0.15, 0.2) is 30.3 Å². The van der Waals surface area contributed by atoms with Gasteiger partial charge in [0.05, 0.1) is 13.2 Å². The molecule has 0 aliphatic carbocycles. The highest BCUT2D eigenvalue weighted by molar-refractivity contribution is 5.82. The molecule has 0 saturated heterocycles. The van der Waals surface area contributed by atoms with E-state index in [0.29, 0.717) is 5.69 Å². The molecule has 1 aromatic carbocycles. The monoisotopic (exact) mass is 276 g/mol. The lowest BCUT2D eigenvalue weighted by Crippen LogP contribution is -2.64. The highest BCUT2D eigenvalue weighted by Crippen LogP contribution is 2.30. The van der Waals surface area contributed by atoms with Crippen molar-refractivity contribution in [3.63, 3.8) is 0 Å². The van der Waals surface area contributed by atoms with E-state index in [-0.39, 0.29) is 6.61 Å². The van der Waals surface area contributed by atoms with Crippen LogP contribution in [0, 0.1) is 0 Å². The Morgan fingerprint density at radius 2 is 1.89 bits per heavy atom. The quantitative estimate of drug-likeness (QED) is 0.806. The molecule has 4 nitrogen and oxygen atoms in total. The van der Waals surface area contributed by atoms with Crippen molar-refractivity contribution in [3.8, 4) is 0 Å². The van der Waals surface area contributed by atoms with Crippen LogP contribution < -0.4 is 11.1 Å². The zero-order chi connectivity index (χ0) is 14.5. The molecule has 0 radical (unpaired) electrons. The molecule has 1 aromatic rings. The molecule has 0 heterocycles. The minimum atomic E-state index is -4.90. The summed E-state index contributed by atoms with van der Waals surface area (Å²) in [4.78, 5) is 11.4. The van der Waals surface area contributed by atoms with Gasteiger partial charge in [-0.1, -0.05) is 18.2 Å². The molecular weight excluding hydrogens is 261 g/mol. The number of anilines is 1. The van der Waals surface area contributed by atoms with Crippen molar-refractivity contribution in [1.82, 2.24) is 0 Å². The number of nitrogens with one attached hydrogen (secondary N) is 1. The molecule has 0 spiro atoms. The van der Waals surface area contributed by atoms with E-state index in [1.54, 1.807) is 30.3 Å². The van der Waals surface area contributed by atoms with E-state index < -0.39 is 24.2 Å². The fourth-order valence-electron chi connectivity index (χ4n) is 1.35. The largest absolute Gasteiger partial charge is 0.464 e. The van der Waals surface area contributed by atoms with Gasteiger partial charge in [0.25, 0.3) is 0 Å². The number of benzene rings is 1. The maximum Gasteiger partial charge on any atom is 0.418 e. The fraction of sp³-hybridized carbons (Fsp3) is 0.417. The van der Waals surface area contributed by atoms with Crippen LogP contribution in [-0.4, -0.2) is 30.8 Å². The molecule has 106 valence electrons. The second-order valence-electron chi connectivity index (χ2n) is 3.91. The van der Waals surface area contributed by atoms with Crippen LogP contribution in [0.25, 0.3) is 0 Å². The molecule has 0 aliphatic heterocycles. The first-order valence-electron chi connectivity index (χ1n) is 5.63. The molecule has 0 fully saturated rings. The predicted octanol–water partition coefficient (Wildman–Crippen LogP) is 1.92. The number of carbonyl (C=O) groups is 1. The van der Waals surface area contributed by atoms with E-state index in [1.165, 1.54) is 6.92 Å². The lowest BCUT2D eigenvalue weighted by Gasteiger charge is -2.29. The molecule has 0 saturated carbocycles. The third kappa shape index (κ3) is 3.60. The van der Waals surface area contributed by atoms with Crippen molar-refractivity contribution < 1.29 is 22.7 Å². The Balaban J connectivity index is 2.84. The van der Waals surface area contributed by atoms with E-state index in [0.717, 1.165) is 0 Å². The van der Waals surface area contributed by atoms with Gasteiger partial charge in [-0.25, -0.2) is 4.79 Å². The van der Waals surface area contributed by atoms with Gasteiger partial charge < -0.3 is 15.8 Å². The van der Waals surface area contributed by atoms with Gasteiger partial charge in [-0.05, 0) is 19.1 Å². The van der Waals surface area contributed by atoms with E-state index in [4.69, 9.17) is 5.73 Å². The lowest BCUT2D eigenvalue weighted by atomic mass is 10.0. The van der Waals surface area contributed by atoms with Crippen LogP contribution in [0.5, 0.6) is 0 Å². The Labute approximate surface area is 108 Å². The van der Waals surface area contributed by atoms with Gasteiger partial charge >= 0.3 is 12.1 Å². The number of hydrogen-bond donors (Lipinski definition) is 2. The molecule has 0 amide bonds. The molecule has 0 aromatic heterocycles. The summed E-state index contributed by atoms with van der Waals surface area (Å²) in [5, 5.41) is 2.49. The summed E-state index contributed by atoms with van der Waals surface area (Å²) in [7, 11) is 0. The normalized spacial score (nSPS) is 14.6. The van der Waals surface area contributed by atoms with Crippen molar-refractivity contribution in [1.29, 1.82) is 0 Å². The Morgan fingerprint density at radius 3 is 2.37 bits per heavy atom. The minimum absolute atomic E-state index is 0.167. The molecule has 1 atom stereocenters. The van der Waals surface area contributed by atoms with Crippen molar-refractivity contribution in [2.24, 2.45) is 5.73 Å². The lowest BCUT2D eigenvalue weighted by molar-refractivity contribution is -0.202. The number of hydrogen-bond acceptors (Lipinski definition) is 4. The highest BCUT2D eigenvalue weighted by Gasteiger charge is 2.58. The van der Waals surface area contributed by atoms with Gasteiger partial charge in [-0.15, -0.1) is 0 Å². The third-order valence-corrected chi connectivity index (χ3v) is 2.49. The van der Waals surface area contributed by atoms with Gasteiger partial charge in [0, 0.05) is 5.69 Å². The number of esters is 1. The van der Waals surface area contributed by atoms with Gasteiger partial charge in [0.15, 0.2) is 0 Å². The SMILES string of the molecule is CCOC(=O)[C@@](N)(CNc1ccccc1)C(F)(F)F. The first-order valence-corrected chi connectivity index (χ1v) is 5.63. The van der Waals surface area contributed by atoms with Crippen LogP contribution in [0.1, 0.15) is 6.92 Å². The number of nitrogens with two attached hydrogens (primary N) is 1. The van der Waals surface area contributed by atoms with Gasteiger partial charge in [-0.2, -0.15) is 13.2 Å². The van der Waals surface area contributed by atoms with Crippen molar-refractivity contribution in [3.05, 3.63) is 30.3 Å². The van der Waals surface area contributed by atoms with Crippen molar-refractivity contribution >= 4 is 11.7 Å². The standard InChI is InChI=1S/C12H15F3N2O2/c1-2-19-10(18)11(16,12(13,14)15)8-17-9-6-4-3-5-7-9/h3-7,17H,2,8,16H2,1H3/t11-/m0/s1. The molecule has 19 heavy (non-hydrogen) atoms. The zero-order valence-corrected chi connectivity index (χ0v) is 10.3. The van der Waals surface area contributed by atoms with Crippen LogP contribution in [0.4, 0.5) is 18.9 Å². The van der Waals surface area contributed by atoms with Crippen LogP contribution >= 0.6 is 0 Å². The van der Waals surface area contributed by atoms with Gasteiger partial charge in [0.2, 0.25) is 5.54 Å². The topological polar surface area (TPSA) is 64.3 Å². The Bertz CT molecular complexity index is 423. The van der Waals surface area contributed by atoms with Gasteiger partial charge in [-0.3, -0.25) is 0 Å². The Morgan fingerprint density at radius 1 is 1.32 bits per heavy atom. The van der Waals surface area contributed by atoms with Crippen LogP contribution in [0.3, 0.4) is 0 Å². The summed E-state index contributed by atoms with van der Waals surface area (Å²) < 4.78 is 43.1. The van der Waals surface area contributed by atoms with E-state index in [2.05, 4.69) is 10.1 Å². The molecule has 7 heteroatoms. The molecule has 0 bridgehead atoms. The average Bonchev–Trinajstić information content (AvgIpc) is 2.36. The second kappa shape index (κ2) is 5.92. The number of rotatable bonds is 5. The van der Waals surface area contributed by atoms with Crippen molar-refractivity contribution in [2.45, 2.75) is 18.6 Å². The van der Waals surface area contributed by atoms with E-state index in [9.17, 15) is 18.0 Å². The number of para-hydroxylation sites is 1. The van der Waals surface area contributed by atoms with Crippen molar-refractivity contribution in [2.75, 3.05) is 18.5 Å². The smallest absolute Gasteiger partial charge is 0.418 e. The molecular formula is C12H15F3N2O2. The number of halogens is 3. The van der Waals surface area contributed by atoms with E-state index >= 15 is 0 Å². The summed E-state index contributed by atoms with van der Waals surface area (Å²) in [6.45, 7) is 0.456. The number of alkyl halides is 3. The average molecular weight is 276 g/mol.